The Hall–Kier alpha value is -0.350. The van der Waals surface area contributed by atoms with Crippen molar-refractivity contribution in [3.63, 3.8) is 0 Å². The highest BCUT2D eigenvalue weighted by atomic mass is 35.5. The van der Waals surface area contributed by atoms with Crippen LogP contribution in [0.2, 0.25) is 10.0 Å². The van der Waals surface area contributed by atoms with Gasteiger partial charge in [0.2, 0.25) is 0 Å². The third kappa shape index (κ3) is 4.32. The number of hydrogen-bond acceptors (Lipinski definition) is 2. The first-order valence-corrected chi connectivity index (χ1v) is 7.29. The molecule has 0 heterocycles. The lowest BCUT2D eigenvalue weighted by Gasteiger charge is -2.17. The standard InChI is InChI=1S/C14H18Cl2FNO/c1-9(18-6-7-19-8-10-2-3-10)13-11(15)4-5-12(17)14(13)16/h4-5,9-10,18H,2-3,6-8H2,1H3. The molecule has 1 unspecified atom stereocenters. The van der Waals surface area contributed by atoms with Crippen molar-refractivity contribution in [1.29, 1.82) is 0 Å². The van der Waals surface area contributed by atoms with E-state index in [4.69, 9.17) is 27.9 Å². The third-order valence-electron chi connectivity index (χ3n) is 3.26. The number of halogens is 3. The second-order valence-electron chi connectivity index (χ2n) is 4.95. The predicted molar refractivity (Wildman–Crippen MR) is 76.4 cm³/mol. The molecule has 0 aromatic heterocycles. The molecule has 0 amide bonds. The molecular formula is C14H18Cl2FNO. The molecule has 0 spiro atoms. The van der Waals surface area contributed by atoms with Crippen molar-refractivity contribution >= 4 is 23.2 Å². The van der Waals surface area contributed by atoms with Crippen LogP contribution in [0.1, 0.15) is 31.4 Å². The minimum Gasteiger partial charge on any atom is -0.380 e. The Morgan fingerprint density at radius 1 is 1.42 bits per heavy atom. The zero-order valence-electron chi connectivity index (χ0n) is 10.9. The number of rotatable bonds is 7. The molecule has 1 atom stereocenters. The first-order chi connectivity index (χ1) is 9.09. The van der Waals surface area contributed by atoms with Crippen molar-refractivity contribution in [1.82, 2.24) is 5.32 Å². The van der Waals surface area contributed by atoms with E-state index in [1.165, 1.54) is 25.0 Å². The molecular weight excluding hydrogens is 288 g/mol. The van der Waals surface area contributed by atoms with Gasteiger partial charge in [0, 0.05) is 29.8 Å². The molecule has 0 aliphatic heterocycles. The third-order valence-corrected chi connectivity index (χ3v) is 3.97. The average molecular weight is 306 g/mol. The fourth-order valence-electron chi connectivity index (χ4n) is 1.92. The quantitative estimate of drug-likeness (QED) is 0.602. The highest BCUT2D eigenvalue weighted by Gasteiger charge is 2.21. The molecule has 2 nitrogen and oxygen atoms in total. The van der Waals surface area contributed by atoms with Crippen molar-refractivity contribution < 1.29 is 9.13 Å². The zero-order valence-corrected chi connectivity index (χ0v) is 12.4. The number of hydrogen-bond donors (Lipinski definition) is 1. The zero-order chi connectivity index (χ0) is 13.8. The summed E-state index contributed by atoms with van der Waals surface area (Å²) in [4.78, 5) is 0. The maximum absolute atomic E-state index is 13.4. The monoisotopic (exact) mass is 305 g/mol. The van der Waals surface area contributed by atoms with Gasteiger partial charge in [-0.2, -0.15) is 0 Å². The molecule has 2 rings (SSSR count). The van der Waals surface area contributed by atoms with Crippen LogP contribution in [-0.4, -0.2) is 19.8 Å². The van der Waals surface area contributed by atoms with E-state index in [1.54, 1.807) is 0 Å². The Morgan fingerprint density at radius 3 is 2.84 bits per heavy atom. The predicted octanol–water partition coefficient (Wildman–Crippen LogP) is 4.21. The molecule has 1 aromatic carbocycles. The first-order valence-electron chi connectivity index (χ1n) is 6.54. The van der Waals surface area contributed by atoms with Gasteiger partial charge in [0.05, 0.1) is 11.6 Å². The van der Waals surface area contributed by atoms with Crippen molar-refractivity contribution in [3.8, 4) is 0 Å². The SMILES string of the molecule is CC(NCCOCC1CC1)c1c(Cl)ccc(F)c1Cl. The second-order valence-corrected chi connectivity index (χ2v) is 5.74. The van der Waals surface area contributed by atoms with E-state index in [2.05, 4.69) is 5.32 Å². The average Bonchev–Trinajstić information content (AvgIpc) is 3.18. The van der Waals surface area contributed by atoms with Gasteiger partial charge in [0.1, 0.15) is 5.82 Å². The van der Waals surface area contributed by atoms with Gasteiger partial charge in [0.15, 0.2) is 0 Å². The van der Waals surface area contributed by atoms with E-state index in [0.717, 1.165) is 12.5 Å². The van der Waals surface area contributed by atoms with Crippen LogP contribution in [0, 0.1) is 11.7 Å². The summed E-state index contributed by atoms with van der Waals surface area (Å²) in [5.41, 5.74) is 0.602. The Morgan fingerprint density at radius 2 is 2.16 bits per heavy atom. The summed E-state index contributed by atoms with van der Waals surface area (Å²) in [6.45, 7) is 4.09. The van der Waals surface area contributed by atoms with E-state index in [9.17, 15) is 4.39 Å². The van der Waals surface area contributed by atoms with E-state index in [0.29, 0.717) is 23.7 Å². The summed E-state index contributed by atoms with van der Waals surface area (Å²) in [7, 11) is 0. The summed E-state index contributed by atoms with van der Waals surface area (Å²) in [6.07, 6.45) is 2.58. The van der Waals surface area contributed by atoms with Gasteiger partial charge in [-0.25, -0.2) is 4.39 Å². The molecule has 5 heteroatoms. The summed E-state index contributed by atoms with van der Waals surface area (Å²) >= 11 is 12.0. The molecule has 1 fully saturated rings. The Kier molecular flexibility index (Phi) is 5.46. The molecule has 1 N–H and O–H groups in total. The largest absolute Gasteiger partial charge is 0.380 e. The molecule has 0 radical (unpaired) electrons. The number of ether oxygens (including phenoxy) is 1. The van der Waals surface area contributed by atoms with E-state index < -0.39 is 5.82 Å². The van der Waals surface area contributed by atoms with Crippen molar-refractivity contribution in [3.05, 3.63) is 33.6 Å². The van der Waals surface area contributed by atoms with Crippen LogP contribution in [0.4, 0.5) is 4.39 Å². The Balaban J connectivity index is 1.81. The topological polar surface area (TPSA) is 21.3 Å². The van der Waals surface area contributed by atoms with Crippen LogP contribution < -0.4 is 5.32 Å². The summed E-state index contributed by atoms with van der Waals surface area (Å²) < 4.78 is 18.9. The van der Waals surface area contributed by atoms with Gasteiger partial charge < -0.3 is 10.1 Å². The van der Waals surface area contributed by atoms with Crippen molar-refractivity contribution in [2.75, 3.05) is 19.8 Å². The lowest BCUT2D eigenvalue weighted by Crippen LogP contribution is -2.24. The van der Waals surface area contributed by atoms with Crippen LogP contribution in [-0.2, 0) is 4.74 Å². The molecule has 19 heavy (non-hydrogen) atoms. The van der Waals surface area contributed by atoms with Crippen molar-refractivity contribution in [2.24, 2.45) is 5.92 Å². The maximum Gasteiger partial charge on any atom is 0.142 e. The fraction of sp³-hybridized carbons (Fsp3) is 0.571. The van der Waals surface area contributed by atoms with Crippen molar-refractivity contribution in [2.45, 2.75) is 25.8 Å². The van der Waals surface area contributed by atoms with Gasteiger partial charge in [0.25, 0.3) is 0 Å². The summed E-state index contributed by atoms with van der Waals surface area (Å²) in [5.74, 6) is 0.323. The Bertz CT molecular complexity index is 438. The summed E-state index contributed by atoms with van der Waals surface area (Å²) in [6, 6.07) is 2.69. The molecule has 106 valence electrons. The van der Waals surface area contributed by atoms with Crippen LogP contribution in [0.25, 0.3) is 0 Å². The minimum absolute atomic E-state index is 0.0893. The van der Waals surface area contributed by atoms with Gasteiger partial charge in [-0.05, 0) is 37.8 Å². The fourth-order valence-corrected chi connectivity index (χ4v) is 2.62. The maximum atomic E-state index is 13.4. The number of nitrogens with one attached hydrogen (secondary N) is 1. The Labute approximate surface area is 123 Å². The molecule has 1 aliphatic carbocycles. The van der Waals surface area contributed by atoms with Gasteiger partial charge >= 0.3 is 0 Å². The van der Waals surface area contributed by atoms with Crippen LogP contribution in [0.15, 0.2) is 12.1 Å². The number of benzene rings is 1. The minimum atomic E-state index is -0.445. The molecule has 0 bridgehead atoms. The highest BCUT2D eigenvalue weighted by molar-refractivity contribution is 6.36. The first kappa shape index (κ1) is 15.0. The van der Waals surface area contributed by atoms with E-state index in [1.807, 2.05) is 6.92 Å². The molecule has 1 saturated carbocycles. The molecule has 0 saturated heterocycles. The van der Waals surface area contributed by atoms with Crippen LogP contribution >= 0.6 is 23.2 Å². The molecule has 1 aromatic rings. The molecule has 1 aliphatic rings. The smallest absolute Gasteiger partial charge is 0.142 e. The van der Waals surface area contributed by atoms with Gasteiger partial charge in [-0.3, -0.25) is 0 Å². The van der Waals surface area contributed by atoms with Crippen LogP contribution in [0.3, 0.4) is 0 Å². The normalized spacial score (nSPS) is 16.6. The van der Waals surface area contributed by atoms with Crippen LogP contribution in [0.5, 0.6) is 0 Å². The van der Waals surface area contributed by atoms with E-state index in [-0.39, 0.29) is 11.1 Å². The van der Waals surface area contributed by atoms with E-state index >= 15 is 0 Å². The van der Waals surface area contributed by atoms with Gasteiger partial charge in [-0.15, -0.1) is 0 Å². The van der Waals surface area contributed by atoms with Gasteiger partial charge in [-0.1, -0.05) is 23.2 Å². The highest BCUT2D eigenvalue weighted by Crippen LogP contribution is 2.32. The summed E-state index contributed by atoms with van der Waals surface area (Å²) in [5, 5.41) is 3.81. The second kappa shape index (κ2) is 6.89. The lowest BCUT2D eigenvalue weighted by atomic mass is 10.1. The lowest BCUT2D eigenvalue weighted by molar-refractivity contribution is 0.124.